The van der Waals surface area contributed by atoms with Gasteiger partial charge in [-0.25, -0.2) is 0 Å². The van der Waals surface area contributed by atoms with E-state index in [-0.39, 0.29) is 6.04 Å². The zero-order valence-electron chi connectivity index (χ0n) is 11.4. The quantitative estimate of drug-likeness (QED) is 0.831. The largest absolute Gasteiger partial charge is 0.377 e. The normalized spacial score (nSPS) is 33.4. The Kier molecular flexibility index (Phi) is 5.01. The number of hydrogen-bond donors (Lipinski definition) is 1. The third kappa shape index (κ3) is 3.69. The van der Waals surface area contributed by atoms with Crippen LogP contribution in [0.5, 0.6) is 0 Å². The van der Waals surface area contributed by atoms with E-state index in [1.54, 1.807) is 0 Å². The molecule has 2 aliphatic rings. The Morgan fingerprint density at radius 2 is 2.06 bits per heavy atom. The van der Waals surface area contributed by atoms with Crippen molar-refractivity contribution < 1.29 is 9.53 Å². The van der Waals surface area contributed by atoms with Crippen LogP contribution in [0, 0.1) is 5.92 Å². The van der Waals surface area contributed by atoms with Crippen molar-refractivity contribution in [2.24, 2.45) is 11.7 Å². The highest BCUT2D eigenvalue weighted by atomic mass is 16.5. The molecule has 1 saturated carbocycles. The molecule has 1 saturated heterocycles. The van der Waals surface area contributed by atoms with Gasteiger partial charge in [-0.15, -0.1) is 0 Å². The van der Waals surface area contributed by atoms with Crippen LogP contribution >= 0.6 is 0 Å². The van der Waals surface area contributed by atoms with Gasteiger partial charge in [0, 0.05) is 19.0 Å². The van der Waals surface area contributed by atoms with Gasteiger partial charge >= 0.3 is 0 Å². The fourth-order valence-electron chi connectivity index (χ4n) is 3.05. The van der Waals surface area contributed by atoms with Gasteiger partial charge in [0.15, 0.2) is 0 Å². The van der Waals surface area contributed by atoms with Crippen LogP contribution in [0.1, 0.15) is 45.4 Å². The van der Waals surface area contributed by atoms with Gasteiger partial charge < -0.3 is 15.4 Å². The molecule has 4 nitrogen and oxygen atoms in total. The lowest BCUT2D eigenvalue weighted by Gasteiger charge is -2.34. The summed E-state index contributed by atoms with van der Waals surface area (Å²) in [6.45, 7) is 4.20. The molecule has 1 aliphatic heterocycles. The van der Waals surface area contributed by atoms with Crippen LogP contribution in [0.2, 0.25) is 0 Å². The second kappa shape index (κ2) is 6.53. The number of rotatable bonds is 3. The van der Waals surface area contributed by atoms with Crippen molar-refractivity contribution in [1.82, 2.24) is 4.90 Å². The van der Waals surface area contributed by atoms with E-state index in [0.29, 0.717) is 37.5 Å². The van der Waals surface area contributed by atoms with E-state index < -0.39 is 0 Å². The predicted octanol–water partition coefficient (Wildman–Crippen LogP) is 1.53. The zero-order valence-corrected chi connectivity index (χ0v) is 11.4. The fourth-order valence-corrected chi connectivity index (χ4v) is 3.05. The van der Waals surface area contributed by atoms with Gasteiger partial charge in [0.05, 0.1) is 19.3 Å². The molecule has 1 amide bonds. The van der Waals surface area contributed by atoms with Crippen LogP contribution in [0.4, 0.5) is 0 Å². The topological polar surface area (TPSA) is 55.6 Å². The van der Waals surface area contributed by atoms with Crippen LogP contribution < -0.4 is 5.73 Å². The highest BCUT2D eigenvalue weighted by molar-refractivity contribution is 5.76. The average molecular weight is 254 g/mol. The number of carbonyl (C=O) groups excluding carboxylic acids is 1. The highest BCUT2D eigenvalue weighted by Crippen LogP contribution is 2.27. The van der Waals surface area contributed by atoms with Crippen molar-refractivity contribution >= 4 is 5.91 Å². The molecule has 0 aromatic carbocycles. The summed E-state index contributed by atoms with van der Waals surface area (Å²) >= 11 is 0. The summed E-state index contributed by atoms with van der Waals surface area (Å²) in [5, 5.41) is 0. The molecule has 0 aromatic heterocycles. The molecule has 1 aliphatic carbocycles. The molecule has 2 fully saturated rings. The first-order chi connectivity index (χ1) is 8.66. The summed E-state index contributed by atoms with van der Waals surface area (Å²) in [7, 11) is 0. The first-order valence-electron chi connectivity index (χ1n) is 7.29. The standard InChI is InChI=1S/C14H26N2O2/c1-11-10-18-9-8-16(11)14(17)7-4-12-2-5-13(15)6-3-12/h11-13H,2-10,15H2,1H3. The average Bonchev–Trinajstić information content (AvgIpc) is 2.38. The number of nitrogens with two attached hydrogens (primary N) is 1. The van der Waals surface area contributed by atoms with Crippen LogP contribution in [0.15, 0.2) is 0 Å². The molecule has 104 valence electrons. The van der Waals surface area contributed by atoms with E-state index in [0.717, 1.165) is 25.8 Å². The molecule has 1 atom stereocenters. The van der Waals surface area contributed by atoms with E-state index in [1.807, 2.05) is 4.90 Å². The lowest BCUT2D eigenvalue weighted by Crippen LogP contribution is -2.47. The van der Waals surface area contributed by atoms with E-state index in [4.69, 9.17) is 10.5 Å². The van der Waals surface area contributed by atoms with Crippen molar-refractivity contribution in [1.29, 1.82) is 0 Å². The summed E-state index contributed by atoms with van der Waals surface area (Å²) in [6.07, 6.45) is 6.40. The van der Waals surface area contributed by atoms with E-state index in [2.05, 4.69) is 6.92 Å². The third-order valence-corrected chi connectivity index (χ3v) is 4.35. The minimum Gasteiger partial charge on any atom is -0.377 e. The summed E-state index contributed by atoms with van der Waals surface area (Å²) in [6, 6.07) is 0.641. The van der Waals surface area contributed by atoms with Gasteiger partial charge in [-0.3, -0.25) is 4.79 Å². The second-order valence-electron chi connectivity index (χ2n) is 5.83. The number of hydrogen-bond acceptors (Lipinski definition) is 3. The first-order valence-corrected chi connectivity index (χ1v) is 7.29. The number of carbonyl (C=O) groups is 1. The van der Waals surface area contributed by atoms with Crippen LogP contribution in [0.3, 0.4) is 0 Å². The van der Waals surface area contributed by atoms with Crippen molar-refractivity contribution in [2.45, 2.75) is 57.5 Å². The van der Waals surface area contributed by atoms with Crippen LogP contribution in [-0.4, -0.2) is 42.6 Å². The maximum Gasteiger partial charge on any atom is 0.222 e. The Bertz CT molecular complexity index is 275. The molecule has 2 rings (SSSR count). The van der Waals surface area contributed by atoms with Crippen molar-refractivity contribution in [3.05, 3.63) is 0 Å². The number of nitrogens with zero attached hydrogens (tertiary/aromatic N) is 1. The van der Waals surface area contributed by atoms with Crippen LogP contribution in [-0.2, 0) is 9.53 Å². The molecular weight excluding hydrogens is 228 g/mol. The molecule has 0 bridgehead atoms. The van der Waals surface area contributed by atoms with Gasteiger partial charge in [-0.2, -0.15) is 0 Å². The maximum absolute atomic E-state index is 12.2. The molecule has 0 radical (unpaired) electrons. The molecule has 2 N–H and O–H groups in total. The van der Waals surface area contributed by atoms with Gasteiger partial charge in [0.25, 0.3) is 0 Å². The Balaban J connectivity index is 1.71. The lowest BCUT2D eigenvalue weighted by molar-refractivity contribution is -0.139. The van der Waals surface area contributed by atoms with E-state index in [1.165, 1.54) is 12.8 Å². The van der Waals surface area contributed by atoms with Crippen molar-refractivity contribution in [3.8, 4) is 0 Å². The van der Waals surface area contributed by atoms with Gasteiger partial charge in [-0.05, 0) is 44.9 Å². The monoisotopic (exact) mass is 254 g/mol. The Hall–Kier alpha value is -0.610. The number of ether oxygens (including phenoxy) is 1. The summed E-state index contributed by atoms with van der Waals surface area (Å²) in [5.74, 6) is 1.02. The molecular formula is C14H26N2O2. The summed E-state index contributed by atoms with van der Waals surface area (Å²) < 4.78 is 5.36. The summed E-state index contributed by atoms with van der Waals surface area (Å²) in [4.78, 5) is 14.1. The predicted molar refractivity (Wildman–Crippen MR) is 71.2 cm³/mol. The SMILES string of the molecule is CC1COCCN1C(=O)CCC1CCC(N)CC1. The van der Waals surface area contributed by atoms with Crippen LogP contribution in [0.25, 0.3) is 0 Å². The van der Waals surface area contributed by atoms with E-state index >= 15 is 0 Å². The fraction of sp³-hybridized carbons (Fsp3) is 0.929. The van der Waals surface area contributed by atoms with Crippen molar-refractivity contribution in [2.75, 3.05) is 19.8 Å². The Morgan fingerprint density at radius 3 is 2.72 bits per heavy atom. The smallest absolute Gasteiger partial charge is 0.222 e. The van der Waals surface area contributed by atoms with Gasteiger partial charge in [0.2, 0.25) is 5.91 Å². The molecule has 1 unspecified atom stereocenters. The minimum absolute atomic E-state index is 0.242. The number of amides is 1. The molecule has 0 aromatic rings. The number of morpholine rings is 1. The second-order valence-corrected chi connectivity index (χ2v) is 5.83. The van der Waals surface area contributed by atoms with Gasteiger partial charge in [0.1, 0.15) is 0 Å². The minimum atomic E-state index is 0.242. The Labute approximate surface area is 110 Å². The third-order valence-electron chi connectivity index (χ3n) is 4.35. The molecule has 0 spiro atoms. The first kappa shape index (κ1) is 13.8. The molecule has 18 heavy (non-hydrogen) atoms. The molecule has 4 heteroatoms. The molecule has 1 heterocycles. The van der Waals surface area contributed by atoms with Crippen molar-refractivity contribution in [3.63, 3.8) is 0 Å². The highest BCUT2D eigenvalue weighted by Gasteiger charge is 2.25. The maximum atomic E-state index is 12.2. The zero-order chi connectivity index (χ0) is 13.0. The van der Waals surface area contributed by atoms with E-state index in [9.17, 15) is 4.79 Å². The Morgan fingerprint density at radius 1 is 1.33 bits per heavy atom. The van der Waals surface area contributed by atoms with Gasteiger partial charge in [-0.1, -0.05) is 0 Å². The lowest BCUT2D eigenvalue weighted by atomic mass is 9.83. The summed E-state index contributed by atoms with van der Waals surface area (Å²) in [5.41, 5.74) is 5.90.